The van der Waals surface area contributed by atoms with Crippen LogP contribution in [0.5, 0.6) is 0 Å². The largest absolute Gasteiger partial charge is 0.341 e. The van der Waals surface area contributed by atoms with Crippen LogP contribution in [0.1, 0.15) is 10.4 Å². The van der Waals surface area contributed by atoms with Gasteiger partial charge in [-0.15, -0.1) is 0 Å². The molecule has 0 saturated carbocycles. The predicted octanol–water partition coefficient (Wildman–Crippen LogP) is 2.31. The quantitative estimate of drug-likeness (QED) is 0.616. The zero-order valence-electron chi connectivity index (χ0n) is 10.4. The maximum Gasteiger partial charge on any atom is 0.305 e. The molecule has 0 bridgehead atoms. The van der Waals surface area contributed by atoms with Gasteiger partial charge in [-0.05, 0) is 12.3 Å². The number of carbonyl (C=O) groups excluding carboxylic acids is 1. The molecule has 104 valence electrons. The number of nitro groups is 1. The van der Waals surface area contributed by atoms with Crippen LogP contribution in [0.25, 0.3) is 0 Å². The maximum atomic E-state index is 13.8. The summed E-state index contributed by atoms with van der Waals surface area (Å²) < 4.78 is 27.3. The zero-order chi connectivity index (χ0) is 14.6. The SMILES string of the molecule is CSCCN(C)C(=O)c1c(F)ccc([N+](=O)[O-])c1F. The van der Waals surface area contributed by atoms with Crippen LogP contribution in [-0.2, 0) is 0 Å². The highest BCUT2D eigenvalue weighted by Crippen LogP contribution is 2.24. The van der Waals surface area contributed by atoms with Gasteiger partial charge < -0.3 is 4.90 Å². The van der Waals surface area contributed by atoms with E-state index in [9.17, 15) is 23.7 Å². The minimum atomic E-state index is -1.44. The van der Waals surface area contributed by atoms with Gasteiger partial charge in [0.2, 0.25) is 5.82 Å². The van der Waals surface area contributed by atoms with E-state index in [1.54, 1.807) is 0 Å². The van der Waals surface area contributed by atoms with E-state index in [4.69, 9.17) is 0 Å². The first-order valence-corrected chi connectivity index (χ1v) is 6.66. The minimum absolute atomic E-state index is 0.293. The van der Waals surface area contributed by atoms with Gasteiger partial charge in [-0.25, -0.2) is 4.39 Å². The second-order valence-corrected chi connectivity index (χ2v) is 4.72. The van der Waals surface area contributed by atoms with Gasteiger partial charge in [-0.1, -0.05) is 0 Å². The fourth-order valence-electron chi connectivity index (χ4n) is 1.40. The Balaban J connectivity index is 3.15. The normalized spacial score (nSPS) is 10.3. The van der Waals surface area contributed by atoms with Crippen LogP contribution in [0.2, 0.25) is 0 Å². The monoisotopic (exact) mass is 290 g/mol. The van der Waals surface area contributed by atoms with E-state index in [2.05, 4.69) is 0 Å². The third-order valence-corrected chi connectivity index (χ3v) is 3.05. The lowest BCUT2D eigenvalue weighted by Crippen LogP contribution is -2.30. The van der Waals surface area contributed by atoms with Gasteiger partial charge in [0.1, 0.15) is 11.4 Å². The second kappa shape index (κ2) is 6.46. The van der Waals surface area contributed by atoms with E-state index in [1.165, 1.54) is 18.8 Å². The highest BCUT2D eigenvalue weighted by atomic mass is 32.2. The summed E-state index contributed by atoms with van der Waals surface area (Å²) in [5.41, 5.74) is -1.80. The molecule has 0 unspecified atom stereocenters. The summed E-state index contributed by atoms with van der Waals surface area (Å²) in [6, 6.07) is 1.42. The van der Waals surface area contributed by atoms with Gasteiger partial charge in [-0.2, -0.15) is 16.2 Å². The summed E-state index contributed by atoms with van der Waals surface area (Å²) >= 11 is 1.47. The lowest BCUT2D eigenvalue weighted by atomic mass is 10.1. The predicted molar refractivity (Wildman–Crippen MR) is 68.4 cm³/mol. The van der Waals surface area contributed by atoms with E-state index in [1.807, 2.05) is 6.26 Å². The van der Waals surface area contributed by atoms with Crippen LogP contribution < -0.4 is 0 Å². The molecular weight excluding hydrogens is 278 g/mol. The summed E-state index contributed by atoms with van der Waals surface area (Å²) in [5.74, 6) is -2.86. The Labute approximate surface area is 112 Å². The third kappa shape index (κ3) is 3.40. The number of benzene rings is 1. The van der Waals surface area contributed by atoms with Crippen LogP contribution in [0.3, 0.4) is 0 Å². The van der Waals surface area contributed by atoms with Crippen molar-refractivity contribution in [1.82, 2.24) is 4.90 Å². The molecule has 0 aliphatic rings. The first-order valence-electron chi connectivity index (χ1n) is 5.27. The summed E-state index contributed by atoms with van der Waals surface area (Å²) in [5, 5.41) is 10.6. The number of halogens is 2. The summed E-state index contributed by atoms with van der Waals surface area (Å²) in [4.78, 5) is 22.6. The van der Waals surface area contributed by atoms with Crippen LogP contribution >= 0.6 is 11.8 Å². The molecule has 0 N–H and O–H groups in total. The van der Waals surface area contributed by atoms with Gasteiger partial charge in [0, 0.05) is 25.4 Å². The number of nitro benzene ring substituents is 1. The fourth-order valence-corrected chi connectivity index (χ4v) is 1.86. The van der Waals surface area contributed by atoms with E-state index in [0.717, 1.165) is 11.0 Å². The summed E-state index contributed by atoms with van der Waals surface area (Å²) in [6.07, 6.45) is 1.83. The number of hydrogen-bond acceptors (Lipinski definition) is 4. The van der Waals surface area contributed by atoms with Crippen molar-refractivity contribution in [2.75, 3.05) is 25.6 Å². The van der Waals surface area contributed by atoms with Crippen molar-refractivity contribution >= 4 is 23.4 Å². The lowest BCUT2D eigenvalue weighted by Gasteiger charge is -2.17. The third-order valence-electron chi connectivity index (χ3n) is 2.46. The molecule has 0 heterocycles. The van der Waals surface area contributed by atoms with Crippen LogP contribution in [-0.4, -0.2) is 41.3 Å². The average Bonchev–Trinajstić information content (AvgIpc) is 2.35. The lowest BCUT2D eigenvalue weighted by molar-refractivity contribution is -0.387. The molecule has 0 saturated heterocycles. The molecule has 1 aromatic rings. The molecule has 0 fully saturated rings. The molecule has 1 rings (SSSR count). The highest BCUT2D eigenvalue weighted by molar-refractivity contribution is 7.98. The average molecular weight is 290 g/mol. The summed E-state index contributed by atoms with van der Waals surface area (Å²) in [7, 11) is 1.39. The van der Waals surface area contributed by atoms with E-state index in [-0.39, 0.29) is 0 Å². The van der Waals surface area contributed by atoms with Crippen LogP contribution in [0, 0.1) is 21.7 Å². The molecule has 19 heavy (non-hydrogen) atoms. The van der Waals surface area contributed by atoms with Crippen LogP contribution in [0.15, 0.2) is 12.1 Å². The highest BCUT2D eigenvalue weighted by Gasteiger charge is 2.27. The molecule has 0 atom stereocenters. The zero-order valence-corrected chi connectivity index (χ0v) is 11.2. The van der Waals surface area contributed by atoms with Gasteiger partial charge >= 0.3 is 5.69 Å². The Bertz CT molecular complexity index is 511. The first-order chi connectivity index (χ1) is 8.90. The Hall–Kier alpha value is -1.70. The molecule has 0 radical (unpaired) electrons. The standard InChI is InChI=1S/C11H12F2N2O3S/c1-14(5-6-19-2)11(16)9-7(12)3-4-8(10(9)13)15(17)18/h3-4H,5-6H2,1-2H3. The van der Waals surface area contributed by atoms with Crippen molar-refractivity contribution in [3.63, 3.8) is 0 Å². The number of hydrogen-bond donors (Lipinski definition) is 0. The summed E-state index contributed by atoms with van der Waals surface area (Å²) in [6.45, 7) is 0.293. The van der Waals surface area contributed by atoms with Crippen molar-refractivity contribution < 1.29 is 18.5 Å². The Kier molecular flexibility index (Phi) is 5.22. The van der Waals surface area contributed by atoms with E-state index >= 15 is 0 Å². The smallest absolute Gasteiger partial charge is 0.305 e. The van der Waals surface area contributed by atoms with Crippen molar-refractivity contribution in [3.8, 4) is 0 Å². The molecule has 0 aliphatic carbocycles. The van der Waals surface area contributed by atoms with Crippen LogP contribution in [0.4, 0.5) is 14.5 Å². The fraction of sp³-hybridized carbons (Fsp3) is 0.364. The van der Waals surface area contributed by atoms with E-state index in [0.29, 0.717) is 18.4 Å². The molecule has 1 amide bonds. The Morgan fingerprint density at radius 3 is 2.63 bits per heavy atom. The topological polar surface area (TPSA) is 63.5 Å². The molecule has 8 heteroatoms. The Morgan fingerprint density at radius 2 is 2.11 bits per heavy atom. The molecular formula is C11H12F2N2O3S. The number of thioether (sulfide) groups is 1. The molecule has 1 aromatic carbocycles. The van der Waals surface area contributed by atoms with E-state index < -0.39 is 33.7 Å². The number of amides is 1. The molecule has 0 spiro atoms. The molecule has 5 nitrogen and oxygen atoms in total. The van der Waals surface area contributed by atoms with Crippen molar-refractivity contribution in [2.45, 2.75) is 0 Å². The van der Waals surface area contributed by atoms with Gasteiger partial charge in [0.05, 0.1) is 4.92 Å². The number of carbonyl (C=O) groups is 1. The molecule has 0 aromatic heterocycles. The second-order valence-electron chi connectivity index (χ2n) is 3.73. The van der Waals surface area contributed by atoms with Crippen molar-refractivity contribution in [1.29, 1.82) is 0 Å². The number of nitrogens with zero attached hydrogens (tertiary/aromatic N) is 2. The number of rotatable bonds is 5. The van der Waals surface area contributed by atoms with Gasteiger partial charge in [-0.3, -0.25) is 14.9 Å². The minimum Gasteiger partial charge on any atom is -0.341 e. The Morgan fingerprint density at radius 1 is 1.47 bits per heavy atom. The first kappa shape index (κ1) is 15.4. The van der Waals surface area contributed by atoms with Crippen molar-refractivity contribution in [3.05, 3.63) is 39.4 Å². The van der Waals surface area contributed by atoms with Crippen molar-refractivity contribution in [2.24, 2.45) is 0 Å². The maximum absolute atomic E-state index is 13.8. The van der Waals surface area contributed by atoms with Gasteiger partial charge in [0.25, 0.3) is 5.91 Å². The molecule has 0 aliphatic heterocycles. The van der Waals surface area contributed by atoms with Gasteiger partial charge in [0.15, 0.2) is 0 Å².